The number of hydrogen-bond donors (Lipinski definition) is 1. The zero-order valence-electron chi connectivity index (χ0n) is 12.3. The second-order valence-corrected chi connectivity index (χ2v) is 9.20. The highest BCUT2D eigenvalue weighted by Crippen LogP contribution is 2.25. The van der Waals surface area contributed by atoms with Crippen LogP contribution < -0.4 is 5.32 Å². The molecule has 0 atom stereocenters. The van der Waals surface area contributed by atoms with Gasteiger partial charge < -0.3 is 5.32 Å². The second kappa shape index (κ2) is 6.97. The van der Waals surface area contributed by atoms with Crippen LogP contribution in [0.25, 0.3) is 0 Å². The first-order chi connectivity index (χ1) is 9.93. The fourth-order valence-corrected chi connectivity index (χ4v) is 5.14. The summed E-state index contributed by atoms with van der Waals surface area (Å²) in [5.41, 5.74) is 0.788. The second-order valence-electron chi connectivity index (χ2n) is 4.69. The highest BCUT2D eigenvalue weighted by molar-refractivity contribution is 7.91. The number of hydrogen-bond acceptors (Lipinski definition) is 6. The third-order valence-electron chi connectivity index (χ3n) is 2.97. The predicted octanol–water partition coefficient (Wildman–Crippen LogP) is 2.10. The van der Waals surface area contributed by atoms with E-state index in [9.17, 15) is 8.42 Å². The molecule has 116 valence electrons. The molecule has 21 heavy (non-hydrogen) atoms. The van der Waals surface area contributed by atoms with Gasteiger partial charge in [0.05, 0.1) is 17.2 Å². The van der Waals surface area contributed by atoms with Crippen molar-refractivity contribution in [2.45, 2.75) is 24.1 Å². The minimum atomic E-state index is -3.44. The van der Waals surface area contributed by atoms with Crippen LogP contribution in [0, 0.1) is 6.92 Å². The van der Waals surface area contributed by atoms with E-state index < -0.39 is 10.0 Å². The van der Waals surface area contributed by atoms with Crippen LogP contribution in [0.1, 0.15) is 15.6 Å². The van der Waals surface area contributed by atoms with Crippen LogP contribution in [0.15, 0.2) is 21.7 Å². The summed E-state index contributed by atoms with van der Waals surface area (Å²) in [5, 5.41) is 5.90. The van der Waals surface area contributed by atoms with Gasteiger partial charge in [-0.15, -0.1) is 22.7 Å². The summed E-state index contributed by atoms with van der Waals surface area (Å²) in [6.07, 6.45) is 0.839. The normalized spacial score (nSPS) is 12.2. The third-order valence-corrected chi connectivity index (χ3v) is 7.21. The molecule has 0 saturated heterocycles. The van der Waals surface area contributed by atoms with Crippen molar-refractivity contribution >= 4 is 32.7 Å². The van der Waals surface area contributed by atoms with Gasteiger partial charge in [-0.25, -0.2) is 13.4 Å². The number of thiazole rings is 1. The number of nitrogens with zero attached hydrogens (tertiary/aromatic N) is 2. The van der Waals surface area contributed by atoms with E-state index in [0.29, 0.717) is 10.8 Å². The Morgan fingerprint density at radius 3 is 2.76 bits per heavy atom. The van der Waals surface area contributed by atoms with Gasteiger partial charge in [-0.05, 0) is 39.1 Å². The van der Waals surface area contributed by atoms with Crippen molar-refractivity contribution in [1.29, 1.82) is 0 Å². The van der Waals surface area contributed by atoms with E-state index in [1.54, 1.807) is 13.1 Å². The Labute approximate surface area is 133 Å². The van der Waals surface area contributed by atoms with E-state index in [1.165, 1.54) is 27.0 Å². The molecule has 0 aliphatic heterocycles. The highest BCUT2D eigenvalue weighted by atomic mass is 32.2. The first kappa shape index (κ1) is 16.6. The Hall–Kier alpha value is -0.800. The highest BCUT2D eigenvalue weighted by Gasteiger charge is 2.23. The van der Waals surface area contributed by atoms with Crippen molar-refractivity contribution in [3.8, 4) is 0 Å². The maximum absolute atomic E-state index is 12.5. The number of aryl methyl sites for hydroxylation is 1. The summed E-state index contributed by atoms with van der Waals surface area (Å²) in [4.78, 5) is 5.38. The largest absolute Gasteiger partial charge is 0.319 e. The summed E-state index contributed by atoms with van der Waals surface area (Å²) in [7, 11) is 0.0420. The van der Waals surface area contributed by atoms with Crippen molar-refractivity contribution in [3.05, 3.63) is 33.1 Å². The lowest BCUT2D eigenvalue weighted by molar-refractivity contribution is 0.464. The standard InChI is InChI=1S/C13H19N3O2S3/c1-10-15-11(9-19-10)8-16(3)21(17,18)13-5-4-12(20-13)6-7-14-2/h4-5,9,14H,6-8H2,1-3H3. The van der Waals surface area contributed by atoms with Gasteiger partial charge in [0.1, 0.15) is 4.21 Å². The number of aromatic nitrogens is 1. The molecule has 0 saturated carbocycles. The van der Waals surface area contributed by atoms with Crippen LogP contribution in [-0.4, -0.2) is 38.3 Å². The quantitative estimate of drug-likeness (QED) is 0.835. The summed E-state index contributed by atoms with van der Waals surface area (Å²) in [5.74, 6) is 0. The van der Waals surface area contributed by atoms with Crippen molar-refractivity contribution in [3.63, 3.8) is 0 Å². The summed E-state index contributed by atoms with van der Waals surface area (Å²) >= 11 is 2.87. The Morgan fingerprint density at radius 1 is 1.38 bits per heavy atom. The molecule has 0 amide bonds. The Balaban J connectivity index is 2.11. The molecule has 1 N–H and O–H groups in total. The maximum atomic E-state index is 12.5. The Morgan fingerprint density at radius 2 is 2.14 bits per heavy atom. The number of nitrogens with one attached hydrogen (secondary N) is 1. The number of rotatable bonds is 7. The van der Waals surface area contributed by atoms with E-state index >= 15 is 0 Å². The van der Waals surface area contributed by atoms with Crippen LogP contribution >= 0.6 is 22.7 Å². The van der Waals surface area contributed by atoms with E-state index in [1.807, 2.05) is 25.4 Å². The first-order valence-electron chi connectivity index (χ1n) is 6.54. The van der Waals surface area contributed by atoms with Gasteiger partial charge >= 0.3 is 0 Å². The zero-order chi connectivity index (χ0) is 15.5. The zero-order valence-corrected chi connectivity index (χ0v) is 14.7. The molecule has 0 fully saturated rings. The van der Waals surface area contributed by atoms with Crippen LogP contribution in [0.4, 0.5) is 0 Å². The van der Waals surface area contributed by atoms with Crippen LogP contribution in [-0.2, 0) is 23.0 Å². The minimum Gasteiger partial charge on any atom is -0.319 e. The van der Waals surface area contributed by atoms with Gasteiger partial charge in [0, 0.05) is 17.3 Å². The molecule has 0 aromatic carbocycles. The van der Waals surface area contributed by atoms with E-state index in [0.717, 1.165) is 28.5 Å². The summed E-state index contributed by atoms with van der Waals surface area (Å²) in [6.45, 7) is 3.06. The van der Waals surface area contributed by atoms with Crippen molar-refractivity contribution in [2.75, 3.05) is 20.6 Å². The van der Waals surface area contributed by atoms with E-state index in [4.69, 9.17) is 0 Å². The van der Waals surface area contributed by atoms with Crippen molar-refractivity contribution in [1.82, 2.24) is 14.6 Å². The fraction of sp³-hybridized carbons (Fsp3) is 0.462. The monoisotopic (exact) mass is 345 g/mol. The van der Waals surface area contributed by atoms with Crippen LogP contribution in [0.3, 0.4) is 0 Å². The topological polar surface area (TPSA) is 62.3 Å². The average molecular weight is 346 g/mol. The van der Waals surface area contributed by atoms with Crippen molar-refractivity contribution in [2.24, 2.45) is 0 Å². The van der Waals surface area contributed by atoms with E-state index in [2.05, 4.69) is 10.3 Å². The van der Waals surface area contributed by atoms with Gasteiger partial charge in [-0.2, -0.15) is 4.31 Å². The fourth-order valence-electron chi connectivity index (χ4n) is 1.83. The van der Waals surface area contributed by atoms with E-state index in [-0.39, 0.29) is 0 Å². The molecule has 2 heterocycles. The maximum Gasteiger partial charge on any atom is 0.252 e. The van der Waals surface area contributed by atoms with Crippen LogP contribution in [0.5, 0.6) is 0 Å². The number of thiophene rings is 1. The molecule has 2 rings (SSSR count). The average Bonchev–Trinajstić information content (AvgIpc) is 3.06. The van der Waals surface area contributed by atoms with Gasteiger partial charge in [-0.1, -0.05) is 0 Å². The lowest BCUT2D eigenvalue weighted by atomic mass is 10.3. The Bertz CT molecular complexity index is 691. The molecule has 0 radical (unpaired) electrons. The molecule has 0 aliphatic rings. The lowest BCUT2D eigenvalue weighted by Gasteiger charge is -2.14. The molecule has 0 spiro atoms. The molecule has 8 heteroatoms. The smallest absolute Gasteiger partial charge is 0.252 e. The van der Waals surface area contributed by atoms with Crippen molar-refractivity contribution < 1.29 is 8.42 Å². The molecule has 0 unspecified atom stereocenters. The number of likely N-dealkylation sites (N-methyl/N-ethyl adjacent to an activating group) is 1. The molecule has 2 aromatic rings. The first-order valence-corrected chi connectivity index (χ1v) is 9.67. The van der Waals surface area contributed by atoms with Gasteiger partial charge in [0.15, 0.2) is 0 Å². The molecule has 2 aromatic heterocycles. The lowest BCUT2D eigenvalue weighted by Crippen LogP contribution is -2.25. The SMILES string of the molecule is CNCCc1ccc(S(=O)(=O)N(C)Cc2csc(C)n2)s1. The molecule has 0 bridgehead atoms. The molecule has 5 nitrogen and oxygen atoms in total. The molecular weight excluding hydrogens is 326 g/mol. The van der Waals surface area contributed by atoms with Gasteiger partial charge in [0.2, 0.25) is 0 Å². The number of sulfonamides is 1. The minimum absolute atomic E-state index is 0.302. The van der Waals surface area contributed by atoms with Gasteiger partial charge in [0.25, 0.3) is 10.0 Å². The summed E-state index contributed by atoms with van der Waals surface area (Å²) < 4.78 is 26.8. The Kier molecular flexibility index (Phi) is 5.50. The third kappa shape index (κ3) is 4.10. The molecule has 0 aliphatic carbocycles. The molecular formula is C13H19N3O2S3. The predicted molar refractivity (Wildman–Crippen MR) is 87.5 cm³/mol. The summed E-state index contributed by atoms with van der Waals surface area (Å²) in [6, 6.07) is 3.57. The van der Waals surface area contributed by atoms with Crippen LogP contribution in [0.2, 0.25) is 0 Å². The van der Waals surface area contributed by atoms with Gasteiger partial charge in [-0.3, -0.25) is 0 Å².